The molecule has 0 saturated carbocycles. The minimum absolute atomic E-state index is 0.0437. The summed E-state index contributed by atoms with van der Waals surface area (Å²) >= 11 is 0. The molecule has 19 heavy (non-hydrogen) atoms. The van der Waals surface area contributed by atoms with Crippen molar-refractivity contribution in [3.63, 3.8) is 0 Å². The van der Waals surface area contributed by atoms with E-state index < -0.39 is 20.4 Å². The monoisotopic (exact) mass is 294 g/mol. The largest absolute Gasteiger partial charge is 0.475 e. The first kappa shape index (κ1) is 16.2. The molecule has 0 aliphatic rings. The maximum absolute atomic E-state index is 13.0. The molecule has 4 nitrogen and oxygen atoms in total. The number of hydrogen-bond acceptors (Lipinski definition) is 4. The molecule has 0 fully saturated rings. The lowest BCUT2D eigenvalue weighted by atomic mass is 10.1. The van der Waals surface area contributed by atoms with Gasteiger partial charge in [0.05, 0.1) is 13.2 Å². The summed E-state index contributed by atoms with van der Waals surface area (Å²) in [6, 6.07) is 7.83. The summed E-state index contributed by atoms with van der Waals surface area (Å²) in [4.78, 5) is 0. The zero-order valence-corrected chi connectivity index (χ0v) is 11.7. The van der Waals surface area contributed by atoms with E-state index in [2.05, 4.69) is 0 Å². The fourth-order valence-corrected chi connectivity index (χ4v) is 2.77. The fraction of sp³-hybridized carbons (Fsp3) is 0.500. The molecule has 1 rings (SSSR count). The van der Waals surface area contributed by atoms with Crippen LogP contribution in [0.5, 0.6) is 0 Å². The maximum Gasteiger partial charge on any atom is 0.475 e. The number of rotatable bonds is 8. The Morgan fingerprint density at radius 2 is 1.63 bits per heavy atom. The lowest BCUT2D eigenvalue weighted by molar-refractivity contribution is -0.0173. The molecule has 0 N–H and O–H groups in total. The second-order valence-corrected chi connectivity index (χ2v) is 5.18. The van der Waals surface area contributed by atoms with Crippen LogP contribution in [-0.4, -0.2) is 19.6 Å². The Balaban J connectivity index is 2.92. The van der Waals surface area contributed by atoms with E-state index in [9.17, 15) is 13.3 Å². The van der Waals surface area contributed by atoms with Gasteiger partial charge in [-0.3, -0.25) is 13.6 Å². The first-order chi connectivity index (χ1) is 9.02. The van der Waals surface area contributed by atoms with Crippen molar-refractivity contribution in [2.24, 2.45) is 0 Å². The highest BCUT2D eigenvalue weighted by atomic mass is 31.2. The zero-order chi connectivity index (χ0) is 14.3. The highest BCUT2D eigenvalue weighted by Gasteiger charge is 2.35. The lowest BCUT2D eigenvalue weighted by Gasteiger charge is -2.23. The molecular formula is C12H17F2O4P. The summed E-state index contributed by atoms with van der Waals surface area (Å²) in [7, 11) is -3.97. The van der Waals surface area contributed by atoms with Crippen molar-refractivity contribution in [3.8, 4) is 0 Å². The van der Waals surface area contributed by atoms with Gasteiger partial charge in [0.15, 0.2) is 6.10 Å². The summed E-state index contributed by atoms with van der Waals surface area (Å²) in [6.45, 7) is 3.24. The van der Waals surface area contributed by atoms with Gasteiger partial charge in [-0.05, 0) is 19.4 Å². The highest BCUT2D eigenvalue weighted by molar-refractivity contribution is 7.48. The molecule has 0 spiro atoms. The Morgan fingerprint density at radius 1 is 1.11 bits per heavy atom. The molecule has 0 aromatic heterocycles. The van der Waals surface area contributed by atoms with Crippen molar-refractivity contribution in [2.45, 2.75) is 26.4 Å². The van der Waals surface area contributed by atoms with Gasteiger partial charge >= 0.3 is 7.82 Å². The van der Waals surface area contributed by atoms with E-state index in [1.54, 1.807) is 32.0 Å². The van der Waals surface area contributed by atoms with Crippen LogP contribution in [0.3, 0.4) is 0 Å². The molecular weight excluding hydrogens is 277 g/mol. The Morgan fingerprint density at radius 3 is 2.05 bits per heavy atom. The van der Waals surface area contributed by atoms with E-state index in [-0.39, 0.29) is 18.8 Å². The summed E-state index contributed by atoms with van der Waals surface area (Å²) in [5.74, 6) is 0. The molecule has 0 aliphatic carbocycles. The van der Waals surface area contributed by atoms with Crippen LogP contribution >= 0.6 is 7.82 Å². The van der Waals surface area contributed by atoms with Gasteiger partial charge in [0.1, 0.15) is 0 Å². The molecule has 1 aromatic carbocycles. The van der Waals surface area contributed by atoms with Gasteiger partial charge in [-0.15, -0.1) is 0 Å². The number of phosphoric ester groups is 1. The van der Waals surface area contributed by atoms with Gasteiger partial charge in [-0.2, -0.15) is 0 Å². The number of hydrogen-bond donors (Lipinski definition) is 0. The third-order valence-electron chi connectivity index (χ3n) is 2.17. The smallest absolute Gasteiger partial charge is 0.287 e. The minimum Gasteiger partial charge on any atom is -0.287 e. The molecule has 0 unspecified atom stereocenters. The van der Waals surface area contributed by atoms with Crippen LogP contribution in [0.25, 0.3) is 0 Å². The van der Waals surface area contributed by atoms with Crippen LogP contribution in [0.1, 0.15) is 25.5 Å². The molecule has 0 bridgehead atoms. The first-order valence-corrected chi connectivity index (χ1v) is 7.39. The fourth-order valence-electron chi connectivity index (χ4n) is 1.45. The van der Waals surface area contributed by atoms with Gasteiger partial charge in [0, 0.05) is 0 Å². The van der Waals surface area contributed by atoms with E-state index >= 15 is 0 Å². The normalized spacial score (nSPS) is 13.7. The Bertz CT molecular complexity index is 403. The van der Waals surface area contributed by atoms with Gasteiger partial charge in [-0.25, -0.2) is 13.3 Å². The van der Waals surface area contributed by atoms with E-state index in [0.717, 1.165) is 0 Å². The third kappa shape index (κ3) is 4.99. The molecule has 0 amide bonds. The SMILES string of the molecule is CCOP(=O)(OCC)O[C@H](c1ccccc1)C(F)F. The lowest BCUT2D eigenvalue weighted by Crippen LogP contribution is -2.14. The van der Waals surface area contributed by atoms with Gasteiger partial charge in [-0.1, -0.05) is 30.3 Å². The van der Waals surface area contributed by atoms with Crippen LogP contribution in [0, 0.1) is 0 Å². The standard InChI is InChI=1S/C12H17F2O4P/c1-3-16-19(15,17-4-2)18-11(12(13)14)10-8-6-5-7-9-10/h5-9,11-12H,3-4H2,1-2H3/t11-/m1/s1. The second kappa shape index (κ2) is 7.70. The van der Waals surface area contributed by atoms with Crippen LogP contribution in [0.2, 0.25) is 0 Å². The van der Waals surface area contributed by atoms with E-state index in [4.69, 9.17) is 13.6 Å². The molecule has 1 atom stereocenters. The number of halogens is 2. The van der Waals surface area contributed by atoms with Crippen molar-refractivity contribution >= 4 is 7.82 Å². The van der Waals surface area contributed by atoms with E-state index in [1.807, 2.05) is 0 Å². The van der Waals surface area contributed by atoms with E-state index in [0.29, 0.717) is 0 Å². The first-order valence-electron chi connectivity index (χ1n) is 5.93. The van der Waals surface area contributed by atoms with Gasteiger partial charge in [0.2, 0.25) is 0 Å². The predicted molar refractivity (Wildman–Crippen MR) is 67.1 cm³/mol. The molecule has 0 aliphatic heterocycles. The third-order valence-corrected chi connectivity index (χ3v) is 3.81. The van der Waals surface area contributed by atoms with Gasteiger partial charge < -0.3 is 0 Å². The van der Waals surface area contributed by atoms with Crippen molar-refractivity contribution in [2.75, 3.05) is 13.2 Å². The maximum atomic E-state index is 13.0. The number of phosphoric acid groups is 1. The number of benzene rings is 1. The van der Waals surface area contributed by atoms with E-state index in [1.165, 1.54) is 12.1 Å². The Labute approximate surface area is 111 Å². The second-order valence-electron chi connectivity index (χ2n) is 3.55. The predicted octanol–water partition coefficient (Wildman–Crippen LogP) is 4.19. The minimum atomic E-state index is -3.97. The summed E-state index contributed by atoms with van der Waals surface area (Å²) < 4.78 is 52.8. The van der Waals surface area contributed by atoms with Crippen molar-refractivity contribution in [3.05, 3.63) is 35.9 Å². The average Bonchev–Trinajstić information content (AvgIpc) is 2.37. The molecule has 0 heterocycles. The Hall–Kier alpha value is -0.810. The van der Waals surface area contributed by atoms with Crippen LogP contribution in [0.4, 0.5) is 8.78 Å². The zero-order valence-electron chi connectivity index (χ0n) is 10.8. The quantitative estimate of drug-likeness (QED) is 0.674. The van der Waals surface area contributed by atoms with Crippen molar-refractivity contribution < 1.29 is 26.9 Å². The van der Waals surface area contributed by atoms with Crippen LogP contribution in [-0.2, 0) is 18.1 Å². The molecule has 0 saturated heterocycles. The van der Waals surface area contributed by atoms with Crippen molar-refractivity contribution in [1.29, 1.82) is 0 Å². The molecule has 108 valence electrons. The van der Waals surface area contributed by atoms with Gasteiger partial charge in [0.25, 0.3) is 6.43 Å². The Kier molecular flexibility index (Phi) is 6.58. The molecule has 1 aromatic rings. The van der Waals surface area contributed by atoms with Crippen LogP contribution in [0.15, 0.2) is 30.3 Å². The summed E-state index contributed by atoms with van der Waals surface area (Å²) in [5, 5.41) is 0. The molecule has 7 heteroatoms. The molecule has 0 radical (unpaired) electrons. The van der Waals surface area contributed by atoms with Crippen molar-refractivity contribution in [1.82, 2.24) is 0 Å². The summed E-state index contributed by atoms with van der Waals surface area (Å²) in [6.07, 6.45) is -4.48. The summed E-state index contributed by atoms with van der Waals surface area (Å²) in [5.41, 5.74) is 0.220. The number of alkyl halides is 2. The topological polar surface area (TPSA) is 44.8 Å². The average molecular weight is 294 g/mol. The van der Waals surface area contributed by atoms with Crippen LogP contribution < -0.4 is 0 Å². The highest BCUT2D eigenvalue weighted by Crippen LogP contribution is 2.53.